The number of anilines is 1. The van der Waals surface area contributed by atoms with Crippen LogP contribution in [0.3, 0.4) is 0 Å². The number of nitrogens with zero attached hydrogens (tertiary/aromatic N) is 1. The number of nitrogens with one attached hydrogen (secondary N) is 1. The Morgan fingerprint density at radius 2 is 1.90 bits per heavy atom. The molecule has 3 N–H and O–H groups in total. The van der Waals surface area contributed by atoms with Gasteiger partial charge in [-0.15, -0.1) is 12.6 Å². The van der Waals surface area contributed by atoms with Gasteiger partial charge in [0, 0.05) is 30.2 Å². The first kappa shape index (κ1) is 22.3. The van der Waals surface area contributed by atoms with E-state index in [0.717, 1.165) is 16.7 Å². The normalized spacial score (nSPS) is 11.5. The highest BCUT2D eigenvalue weighted by molar-refractivity contribution is 7.81. The highest BCUT2D eigenvalue weighted by Crippen LogP contribution is 2.29. The maximum Gasteiger partial charge on any atom is 0.357 e. The molecular weight excluding hydrogens is 414 g/mol. The molecule has 3 rings (SSSR count). The first-order valence-electron chi connectivity index (χ1n) is 9.68. The molecule has 0 aliphatic rings. The number of nitrogens with two attached hydrogens (primary N) is 1. The molecule has 8 heteroatoms. The zero-order chi connectivity index (χ0) is 22.2. The van der Waals surface area contributed by atoms with E-state index in [1.807, 2.05) is 12.1 Å². The van der Waals surface area contributed by atoms with Crippen LogP contribution < -0.4 is 15.8 Å². The van der Waals surface area contributed by atoms with Crippen LogP contribution in [0, 0.1) is 0 Å². The van der Waals surface area contributed by atoms with Crippen molar-refractivity contribution in [1.29, 1.82) is 0 Å². The first-order chi connectivity index (χ1) is 15.0. The Morgan fingerprint density at radius 1 is 1.13 bits per heavy atom. The number of hydrogen-bond acceptors (Lipinski definition) is 7. The molecule has 3 aromatic rings. The second-order valence-electron chi connectivity index (χ2n) is 6.52. The van der Waals surface area contributed by atoms with Gasteiger partial charge in [-0.1, -0.05) is 18.2 Å². The SMILES string of the molecule is CCOC(=O)C(S)Oc1cccc(-c2cc(C(=O)Nc3ccncc3)ccc2CN)c1. The molecule has 0 saturated carbocycles. The summed E-state index contributed by atoms with van der Waals surface area (Å²) in [5.74, 6) is -0.366. The average molecular weight is 438 g/mol. The lowest BCUT2D eigenvalue weighted by Crippen LogP contribution is -2.23. The number of amides is 1. The molecule has 1 amide bonds. The van der Waals surface area contributed by atoms with E-state index in [1.165, 1.54) is 0 Å². The van der Waals surface area contributed by atoms with Gasteiger partial charge in [-0.25, -0.2) is 4.79 Å². The lowest BCUT2D eigenvalue weighted by Gasteiger charge is -2.15. The van der Waals surface area contributed by atoms with Gasteiger partial charge < -0.3 is 20.5 Å². The minimum atomic E-state index is -1.04. The fourth-order valence-corrected chi connectivity index (χ4v) is 3.13. The minimum absolute atomic E-state index is 0.244. The van der Waals surface area contributed by atoms with E-state index in [4.69, 9.17) is 15.2 Å². The summed E-state index contributed by atoms with van der Waals surface area (Å²) in [7, 11) is 0. The molecule has 31 heavy (non-hydrogen) atoms. The highest BCUT2D eigenvalue weighted by Gasteiger charge is 2.17. The van der Waals surface area contributed by atoms with Crippen molar-refractivity contribution >= 4 is 30.2 Å². The van der Waals surface area contributed by atoms with E-state index in [0.29, 0.717) is 23.5 Å². The molecule has 0 saturated heterocycles. The van der Waals surface area contributed by atoms with Gasteiger partial charge in [0.25, 0.3) is 5.91 Å². The Bertz CT molecular complexity index is 1060. The Hall–Kier alpha value is -3.36. The van der Waals surface area contributed by atoms with Gasteiger partial charge >= 0.3 is 5.97 Å². The molecule has 0 aliphatic carbocycles. The Balaban J connectivity index is 1.87. The lowest BCUT2D eigenvalue weighted by atomic mass is 9.96. The lowest BCUT2D eigenvalue weighted by molar-refractivity contribution is -0.147. The van der Waals surface area contributed by atoms with Gasteiger partial charge in [0.1, 0.15) is 5.75 Å². The summed E-state index contributed by atoms with van der Waals surface area (Å²) in [4.78, 5) is 28.4. The van der Waals surface area contributed by atoms with Crippen molar-refractivity contribution in [1.82, 2.24) is 4.98 Å². The van der Waals surface area contributed by atoms with Gasteiger partial charge in [-0.3, -0.25) is 9.78 Å². The maximum atomic E-state index is 12.7. The van der Waals surface area contributed by atoms with Crippen molar-refractivity contribution in [2.75, 3.05) is 11.9 Å². The van der Waals surface area contributed by atoms with Crippen molar-refractivity contribution in [2.45, 2.75) is 18.9 Å². The predicted molar refractivity (Wildman–Crippen MR) is 122 cm³/mol. The van der Waals surface area contributed by atoms with Crippen molar-refractivity contribution in [2.24, 2.45) is 5.73 Å². The maximum absolute atomic E-state index is 12.7. The fourth-order valence-electron chi connectivity index (χ4n) is 2.93. The van der Waals surface area contributed by atoms with Crippen LogP contribution in [0.25, 0.3) is 11.1 Å². The molecular formula is C23H23N3O4S. The number of pyridine rings is 1. The van der Waals surface area contributed by atoms with E-state index in [2.05, 4.69) is 22.9 Å². The summed E-state index contributed by atoms with van der Waals surface area (Å²) in [6, 6.07) is 15.9. The number of aromatic nitrogens is 1. The zero-order valence-electron chi connectivity index (χ0n) is 16.9. The summed E-state index contributed by atoms with van der Waals surface area (Å²) < 4.78 is 10.5. The molecule has 0 spiro atoms. The second-order valence-corrected chi connectivity index (χ2v) is 6.99. The minimum Gasteiger partial charge on any atom is -0.468 e. The predicted octanol–water partition coefficient (Wildman–Crippen LogP) is 3.66. The summed E-state index contributed by atoms with van der Waals surface area (Å²) in [6.45, 7) is 2.25. The van der Waals surface area contributed by atoms with Crippen LogP contribution in [0.4, 0.5) is 5.69 Å². The largest absolute Gasteiger partial charge is 0.468 e. The van der Waals surface area contributed by atoms with Crippen LogP contribution in [0.15, 0.2) is 67.0 Å². The summed E-state index contributed by atoms with van der Waals surface area (Å²) in [5.41, 5.74) is 8.46. The molecule has 2 aromatic carbocycles. The molecule has 160 valence electrons. The number of ether oxygens (including phenoxy) is 2. The number of carbonyl (C=O) groups excluding carboxylic acids is 2. The molecule has 0 bridgehead atoms. The third-order valence-corrected chi connectivity index (χ3v) is 4.73. The Morgan fingerprint density at radius 3 is 2.61 bits per heavy atom. The molecule has 0 aliphatic heterocycles. The van der Waals surface area contributed by atoms with Gasteiger partial charge in [-0.05, 0) is 60.0 Å². The molecule has 1 aromatic heterocycles. The van der Waals surface area contributed by atoms with Crippen molar-refractivity contribution in [3.63, 3.8) is 0 Å². The number of rotatable bonds is 8. The van der Waals surface area contributed by atoms with E-state index in [-0.39, 0.29) is 12.5 Å². The molecule has 0 fully saturated rings. The van der Waals surface area contributed by atoms with E-state index in [1.54, 1.807) is 61.8 Å². The first-order valence-corrected chi connectivity index (χ1v) is 10.2. The monoisotopic (exact) mass is 437 g/mol. The van der Waals surface area contributed by atoms with E-state index < -0.39 is 11.4 Å². The van der Waals surface area contributed by atoms with Crippen molar-refractivity contribution in [3.8, 4) is 16.9 Å². The summed E-state index contributed by atoms with van der Waals surface area (Å²) >= 11 is 4.15. The average Bonchev–Trinajstić information content (AvgIpc) is 2.79. The van der Waals surface area contributed by atoms with Gasteiger partial charge in [0.05, 0.1) is 6.61 Å². The van der Waals surface area contributed by atoms with Gasteiger partial charge in [0.15, 0.2) is 0 Å². The van der Waals surface area contributed by atoms with Crippen LogP contribution in [-0.4, -0.2) is 28.9 Å². The number of esters is 1. The molecule has 1 atom stereocenters. The van der Waals surface area contributed by atoms with Crippen molar-refractivity contribution < 1.29 is 19.1 Å². The second kappa shape index (κ2) is 10.6. The smallest absolute Gasteiger partial charge is 0.357 e. The molecule has 7 nitrogen and oxygen atoms in total. The number of hydrogen-bond donors (Lipinski definition) is 3. The van der Waals surface area contributed by atoms with Gasteiger partial charge in [0.2, 0.25) is 5.44 Å². The quantitative estimate of drug-likeness (QED) is 0.282. The van der Waals surface area contributed by atoms with Crippen LogP contribution >= 0.6 is 12.6 Å². The van der Waals surface area contributed by atoms with E-state index in [9.17, 15) is 9.59 Å². The summed E-state index contributed by atoms with van der Waals surface area (Å²) in [6.07, 6.45) is 3.21. The standard InChI is InChI=1S/C23H23N3O4S/c1-2-29-22(28)23(31)30-19-5-3-4-15(12-19)20-13-16(6-7-17(20)14-24)21(27)26-18-8-10-25-11-9-18/h3-13,23,31H,2,14,24H2,1H3,(H,25,26,27). The highest BCUT2D eigenvalue weighted by atomic mass is 32.1. The van der Waals surface area contributed by atoms with Crippen LogP contribution in [0.1, 0.15) is 22.8 Å². The van der Waals surface area contributed by atoms with Crippen LogP contribution in [0.2, 0.25) is 0 Å². The Labute approximate surface area is 186 Å². The van der Waals surface area contributed by atoms with Crippen molar-refractivity contribution in [3.05, 3.63) is 78.1 Å². The molecule has 0 radical (unpaired) electrons. The molecule has 1 unspecified atom stereocenters. The van der Waals surface area contributed by atoms with E-state index >= 15 is 0 Å². The molecule has 1 heterocycles. The topological polar surface area (TPSA) is 104 Å². The third-order valence-electron chi connectivity index (χ3n) is 4.41. The Kier molecular flexibility index (Phi) is 7.64. The third kappa shape index (κ3) is 5.84. The zero-order valence-corrected chi connectivity index (χ0v) is 17.8. The van der Waals surface area contributed by atoms with Gasteiger partial charge in [-0.2, -0.15) is 0 Å². The fraction of sp³-hybridized carbons (Fsp3) is 0.174. The number of benzene rings is 2. The van der Waals surface area contributed by atoms with Crippen LogP contribution in [-0.2, 0) is 16.1 Å². The number of thiol groups is 1. The van der Waals surface area contributed by atoms with Crippen LogP contribution in [0.5, 0.6) is 5.75 Å². The summed E-state index contributed by atoms with van der Waals surface area (Å²) in [5, 5.41) is 2.84. The number of carbonyl (C=O) groups is 2.